The summed E-state index contributed by atoms with van der Waals surface area (Å²) >= 11 is 15.2. The van der Waals surface area contributed by atoms with Gasteiger partial charge in [-0.1, -0.05) is 27.5 Å². The molecule has 17 heavy (non-hydrogen) atoms. The number of carbonyl (C=O) groups is 1. The van der Waals surface area contributed by atoms with Gasteiger partial charge in [-0.05, 0) is 31.5 Å². The van der Waals surface area contributed by atoms with Gasteiger partial charge >= 0.3 is 0 Å². The molecule has 0 aromatic heterocycles. The lowest BCUT2D eigenvalue weighted by Crippen LogP contribution is -2.29. The van der Waals surface area contributed by atoms with Crippen LogP contribution in [0.4, 0.5) is 0 Å². The Morgan fingerprint density at radius 3 is 2.76 bits per heavy atom. The molecule has 0 bridgehead atoms. The van der Waals surface area contributed by atoms with Gasteiger partial charge in [0, 0.05) is 23.4 Å². The second-order valence-electron chi connectivity index (χ2n) is 3.92. The molecular weight excluding hydrogens is 325 g/mol. The summed E-state index contributed by atoms with van der Waals surface area (Å²) in [5.74, 6) is -0.0892. The van der Waals surface area contributed by atoms with Crippen molar-refractivity contribution in [1.82, 2.24) is 4.90 Å². The van der Waals surface area contributed by atoms with Crippen LogP contribution in [0.5, 0.6) is 0 Å². The molecule has 0 saturated carbocycles. The zero-order chi connectivity index (χ0) is 13.0. The van der Waals surface area contributed by atoms with Gasteiger partial charge < -0.3 is 4.90 Å². The first-order valence-corrected chi connectivity index (χ1v) is 6.87. The Kier molecular flexibility index (Phi) is 5.77. The fourth-order valence-corrected chi connectivity index (χ4v) is 2.00. The smallest absolute Gasteiger partial charge is 0.255 e. The maximum absolute atomic E-state index is 12.1. The van der Waals surface area contributed by atoms with E-state index in [1.54, 1.807) is 30.1 Å². The monoisotopic (exact) mass is 337 g/mol. The predicted molar refractivity (Wildman–Crippen MR) is 76.0 cm³/mol. The van der Waals surface area contributed by atoms with Crippen LogP contribution in [-0.4, -0.2) is 29.8 Å². The highest BCUT2D eigenvalue weighted by atomic mass is 79.9. The van der Waals surface area contributed by atoms with Crippen LogP contribution < -0.4 is 0 Å². The average Bonchev–Trinajstić information content (AvgIpc) is 2.28. The third-order valence-corrected chi connectivity index (χ3v) is 3.41. The van der Waals surface area contributed by atoms with Crippen molar-refractivity contribution in [1.29, 1.82) is 0 Å². The molecule has 1 aromatic rings. The normalized spacial score (nSPS) is 12.3. The Bertz CT molecular complexity index is 409. The molecule has 1 unspecified atom stereocenters. The van der Waals surface area contributed by atoms with Gasteiger partial charge in [0.15, 0.2) is 0 Å². The summed E-state index contributed by atoms with van der Waals surface area (Å²) in [7, 11) is 1.75. The number of alkyl halides is 1. The van der Waals surface area contributed by atoms with E-state index in [4.69, 9.17) is 23.2 Å². The molecule has 0 spiro atoms. The third kappa shape index (κ3) is 4.49. The first kappa shape index (κ1) is 14.8. The lowest BCUT2D eigenvalue weighted by atomic mass is 10.2. The lowest BCUT2D eigenvalue weighted by Gasteiger charge is -2.18. The number of hydrogen-bond acceptors (Lipinski definition) is 1. The minimum Gasteiger partial charge on any atom is -0.342 e. The Hall–Kier alpha value is -0.250. The first-order chi connectivity index (χ1) is 7.91. The fraction of sp³-hybridized carbons (Fsp3) is 0.417. The van der Waals surface area contributed by atoms with Crippen molar-refractivity contribution >= 4 is 45.0 Å². The molecule has 0 heterocycles. The molecule has 0 saturated heterocycles. The topological polar surface area (TPSA) is 20.3 Å². The molecule has 1 atom stereocenters. The van der Waals surface area contributed by atoms with E-state index in [0.717, 1.165) is 10.9 Å². The van der Waals surface area contributed by atoms with E-state index in [2.05, 4.69) is 15.9 Å². The molecule has 0 radical (unpaired) electrons. The SMILES string of the molecule is CC(Cl)CCN(C)C(=O)c1cc(Br)ccc1Cl. The molecule has 1 aromatic carbocycles. The number of benzene rings is 1. The zero-order valence-electron chi connectivity index (χ0n) is 9.71. The highest BCUT2D eigenvalue weighted by molar-refractivity contribution is 9.10. The van der Waals surface area contributed by atoms with Crippen LogP contribution in [0.3, 0.4) is 0 Å². The molecule has 2 nitrogen and oxygen atoms in total. The van der Waals surface area contributed by atoms with E-state index < -0.39 is 0 Å². The molecular formula is C12H14BrCl2NO. The summed E-state index contributed by atoms with van der Waals surface area (Å²) < 4.78 is 0.837. The minimum absolute atomic E-state index is 0.0585. The Labute approximate surface area is 120 Å². The highest BCUT2D eigenvalue weighted by Crippen LogP contribution is 2.22. The first-order valence-electron chi connectivity index (χ1n) is 5.26. The average molecular weight is 339 g/mol. The summed E-state index contributed by atoms with van der Waals surface area (Å²) in [6.45, 7) is 2.53. The summed E-state index contributed by atoms with van der Waals surface area (Å²) in [6, 6.07) is 5.24. The standard InChI is InChI=1S/C12H14BrCl2NO/c1-8(14)5-6-16(2)12(17)10-7-9(13)3-4-11(10)15/h3-4,7-8H,5-6H2,1-2H3. The van der Waals surface area contributed by atoms with E-state index in [1.165, 1.54) is 0 Å². The maximum atomic E-state index is 12.1. The van der Waals surface area contributed by atoms with Gasteiger partial charge in [0.05, 0.1) is 10.6 Å². The molecule has 94 valence electrons. The molecule has 0 aliphatic rings. The van der Waals surface area contributed by atoms with Crippen molar-refractivity contribution in [3.05, 3.63) is 33.3 Å². The van der Waals surface area contributed by atoms with Crippen molar-refractivity contribution in [3.63, 3.8) is 0 Å². The maximum Gasteiger partial charge on any atom is 0.255 e. The van der Waals surface area contributed by atoms with E-state index in [-0.39, 0.29) is 11.3 Å². The van der Waals surface area contributed by atoms with Crippen LogP contribution >= 0.6 is 39.1 Å². The van der Waals surface area contributed by atoms with E-state index >= 15 is 0 Å². The molecule has 0 N–H and O–H groups in total. The van der Waals surface area contributed by atoms with Crippen LogP contribution in [0.1, 0.15) is 23.7 Å². The van der Waals surface area contributed by atoms with Gasteiger partial charge in [-0.3, -0.25) is 4.79 Å². The second kappa shape index (κ2) is 6.62. The molecule has 0 aliphatic carbocycles. The van der Waals surface area contributed by atoms with Crippen molar-refractivity contribution in [3.8, 4) is 0 Å². The number of rotatable bonds is 4. The molecule has 1 amide bonds. The van der Waals surface area contributed by atoms with Crippen molar-refractivity contribution in [2.45, 2.75) is 18.7 Å². The van der Waals surface area contributed by atoms with E-state index in [9.17, 15) is 4.79 Å². The third-order valence-electron chi connectivity index (χ3n) is 2.37. The Morgan fingerprint density at radius 2 is 2.18 bits per heavy atom. The molecule has 1 rings (SSSR count). The van der Waals surface area contributed by atoms with Crippen LogP contribution in [0.25, 0.3) is 0 Å². The van der Waals surface area contributed by atoms with Gasteiger partial charge in [0.25, 0.3) is 5.91 Å². The van der Waals surface area contributed by atoms with Gasteiger partial charge in [-0.2, -0.15) is 0 Å². The van der Waals surface area contributed by atoms with Gasteiger partial charge in [0.2, 0.25) is 0 Å². The number of amides is 1. The highest BCUT2D eigenvalue weighted by Gasteiger charge is 2.15. The number of carbonyl (C=O) groups excluding carboxylic acids is 1. The summed E-state index contributed by atoms with van der Waals surface area (Å²) in [5, 5.41) is 0.521. The lowest BCUT2D eigenvalue weighted by molar-refractivity contribution is 0.0794. The molecule has 0 fully saturated rings. The van der Waals surface area contributed by atoms with Crippen LogP contribution in [-0.2, 0) is 0 Å². The van der Waals surface area contributed by atoms with Gasteiger partial charge in [-0.25, -0.2) is 0 Å². The van der Waals surface area contributed by atoms with Crippen LogP contribution in [0.15, 0.2) is 22.7 Å². The molecule has 5 heteroatoms. The van der Waals surface area contributed by atoms with E-state index in [1.807, 2.05) is 6.92 Å². The number of halogens is 3. The van der Waals surface area contributed by atoms with Crippen LogP contribution in [0, 0.1) is 0 Å². The van der Waals surface area contributed by atoms with Crippen molar-refractivity contribution in [2.75, 3.05) is 13.6 Å². The summed E-state index contributed by atoms with van der Waals surface area (Å²) in [5.41, 5.74) is 0.505. The second-order valence-corrected chi connectivity index (χ2v) is 5.99. The minimum atomic E-state index is -0.0892. The quantitative estimate of drug-likeness (QED) is 0.754. The summed E-state index contributed by atoms with van der Waals surface area (Å²) in [6.07, 6.45) is 0.759. The van der Waals surface area contributed by atoms with Crippen LogP contribution in [0.2, 0.25) is 5.02 Å². The predicted octanol–water partition coefficient (Wildman–Crippen LogP) is 4.19. The number of hydrogen-bond donors (Lipinski definition) is 0. The summed E-state index contributed by atoms with van der Waals surface area (Å²) in [4.78, 5) is 13.7. The van der Waals surface area contributed by atoms with E-state index in [0.29, 0.717) is 17.1 Å². The van der Waals surface area contributed by atoms with Crippen molar-refractivity contribution in [2.24, 2.45) is 0 Å². The van der Waals surface area contributed by atoms with Gasteiger partial charge in [-0.15, -0.1) is 11.6 Å². The number of nitrogens with zero attached hydrogens (tertiary/aromatic N) is 1. The van der Waals surface area contributed by atoms with Crippen molar-refractivity contribution < 1.29 is 4.79 Å². The largest absolute Gasteiger partial charge is 0.342 e. The zero-order valence-corrected chi connectivity index (χ0v) is 12.8. The van der Waals surface area contributed by atoms with Gasteiger partial charge in [0.1, 0.15) is 0 Å². The molecule has 0 aliphatic heterocycles. The Morgan fingerprint density at radius 1 is 1.53 bits per heavy atom. The Balaban J connectivity index is 2.78. The fourth-order valence-electron chi connectivity index (χ4n) is 1.34.